The molecule has 0 unspecified atom stereocenters. The van der Waals surface area contributed by atoms with Crippen LogP contribution in [0.2, 0.25) is 0 Å². The van der Waals surface area contributed by atoms with Crippen molar-refractivity contribution in [2.24, 2.45) is 0 Å². The van der Waals surface area contributed by atoms with Crippen LogP contribution in [0.15, 0.2) is 48.5 Å². The van der Waals surface area contributed by atoms with Crippen molar-refractivity contribution in [2.75, 3.05) is 19.7 Å². The van der Waals surface area contributed by atoms with Crippen LogP contribution in [-0.4, -0.2) is 48.4 Å². The van der Waals surface area contributed by atoms with Crippen LogP contribution in [0.5, 0.6) is 11.5 Å². The van der Waals surface area contributed by atoms with E-state index >= 15 is 0 Å². The molecule has 3 rings (SSSR count). The molecular weight excluding hydrogens is 444 g/mol. The summed E-state index contributed by atoms with van der Waals surface area (Å²) in [7, 11) is 0. The number of amides is 2. The van der Waals surface area contributed by atoms with Gasteiger partial charge in [-0.05, 0) is 60.6 Å². The van der Waals surface area contributed by atoms with E-state index in [1.807, 2.05) is 12.1 Å². The number of likely N-dealkylation sites (tertiary alicyclic amines) is 1. The summed E-state index contributed by atoms with van der Waals surface area (Å²) in [5.74, 6) is 0.657. The molecule has 1 fully saturated rings. The van der Waals surface area contributed by atoms with Gasteiger partial charge in [-0.2, -0.15) is 0 Å². The number of piperidine rings is 1. The smallest absolute Gasteiger partial charge is 0.308 e. The maximum absolute atomic E-state index is 12.8. The van der Waals surface area contributed by atoms with Crippen LogP contribution in [0.1, 0.15) is 69.3 Å². The van der Waals surface area contributed by atoms with Crippen molar-refractivity contribution in [3.05, 3.63) is 59.7 Å². The Kier molecular flexibility index (Phi) is 8.90. The molecule has 2 aromatic carbocycles. The molecule has 0 bridgehead atoms. The van der Waals surface area contributed by atoms with Crippen molar-refractivity contribution in [3.8, 4) is 11.5 Å². The fourth-order valence-electron chi connectivity index (χ4n) is 4.04. The van der Waals surface area contributed by atoms with Crippen LogP contribution in [0.25, 0.3) is 0 Å². The Labute approximate surface area is 207 Å². The minimum atomic E-state index is -0.424. The Morgan fingerprint density at radius 2 is 1.69 bits per heavy atom. The van der Waals surface area contributed by atoms with Gasteiger partial charge in [0.2, 0.25) is 5.91 Å². The number of rotatable bonds is 8. The van der Waals surface area contributed by atoms with Crippen LogP contribution in [0.4, 0.5) is 0 Å². The maximum atomic E-state index is 12.8. The highest BCUT2D eigenvalue weighted by Crippen LogP contribution is 2.24. The number of carbonyl (C=O) groups excluding carboxylic acids is 3. The van der Waals surface area contributed by atoms with Crippen molar-refractivity contribution in [1.82, 2.24) is 10.2 Å². The average Bonchev–Trinajstić information content (AvgIpc) is 2.81. The molecule has 0 aromatic heterocycles. The van der Waals surface area contributed by atoms with Crippen LogP contribution < -0.4 is 14.8 Å². The number of hydrogen-bond donors (Lipinski definition) is 1. The van der Waals surface area contributed by atoms with Crippen LogP contribution in [-0.2, 0) is 15.0 Å². The van der Waals surface area contributed by atoms with Gasteiger partial charge in [0.05, 0.1) is 6.61 Å². The predicted octanol–water partition coefficient (Wildman–Crippen LogP) is 4.49. The third kappa shape index (κ3) is 8.12. The first-order chi connectivity index (χ1) is 16.6. The molecule has 0 saturated carbocycles. The summed E-state index contributed by atoms with van der Waals surface area (Å²) >= 11 is 0. The summed E-state index contributed by atoms with van der Waals surface area (Å²) in [6.07, 6.45) is 2.46. The number of carbonyl (C=O) groups is 3. The molecule has 1 aliphatic heterocycles. The van der Waals surface area contributed by atoms with Gasteiger partial charge >= 0.3 is 5.97 Å². The van der Waals surface area contributed by atoms with Crippen molar-refractivity contribution >= 4 is 17.8 Å². The van der Waals surface area contributed by atoms with Gasteiger partial charge in [0.1, 0.15) is 11.5 Å². The molecule has 2 aromatic rings. The Morgan fingerprint density at radius 3 is 2.31 bits per heavy atom. The number of benzene rings is 2. The molecule has 35 heavy (non-hydrogen) atoms. The van der Waals surface area contributed by atoms with Gasteiger partial charge in [0.25, 0.3) is 5.91 Å². The summed E-state index contributed by atoms with van der Waals surface area (Å²) in [6, 6.07) is 14.8. The Morgan fingerprint density at radius 1 is 1.00 bits per heavy atom. The van der Waals surface area contributed by atoms with E-state index in [-0.39, 0.29) is 23.3 Å². The normalized spacial score (nSPS) is 14.3. The van der Waals surface area contributed by atoms with E-state index in [2.05, 4.69) is 38.2 Å². The fourth-order valence-corrected chi connectivity index (χ4v) is 4.04. The molecule has 0 atom stereocenters. The van der Waals surface area contributed by atoms with Gasteiger partial charge in [-0.25, -0.2) is 0 Å². The molecule has 1 saturated heterocycles. The van der Waals surface area contributed by atoms with E-state index in [9.17, 15) is 14.4 Å². The first-order valence-corrected chi connectivity index (χ1v) is 12.2. The lowest BCUT2D eigenvalue weighted by Crippen LogP contribution is -2.46. The van der Waals surface area contributed by atoms with E-state index < -0.39 is 5.97 Å². The SMILES string of the molecule is CC(=O)Oc1cccc(C(=O)N2CCC(NC(=O)CCCOc3ccc(C(C)(C)C)cc3)CC2)c1. The molecule has 1 N–H and O–H groups in total. The first kappa shape index (κ1) is 26.3. The second kappa shape index (κ2) is 11.9. The third-order valence-electron chi connectivity index (χ3n) is 6.03. The predicted molar refractivity (Wildman–Crippen MR) is 135 cm³/mol. The van der Waals surface area contributed by atoms with E-state index in [0.717, 1.165) is 5.75 Å². The molecule has 1 aliphatic rings. The number of nitrogens with one attached hydrogen (secondary N) is 1. The van der Waals surface area contributed by atoms with Gasteiger partial charge in [-0.3, -0.25) is 14.4 Å². The summed E-state index contributed by atoms with van der Waals surface area (Å²) in [6.45, 7) is 9.47. The monoisotopic (exact) mass is 480 g/mol. The van der Waals surface area contributed by atoms with Crippen LogP contribution in [0.3, 0.4) is 0 Å². The number of esters is 1. The Bertz CT molecular complexity index is 1020. The summed E-state index contributed by atoms with van der Waals surface area (Å²) in [4.78, 5) is 38.1. The van der Waals surface area contributed by atoms with Gasteiger partial charge in [0, 0.05) is 38.0 Å². The number of ether oxygens (including phenoxy) is 2. The Hall–Kier alpha value is -3.35. The number of hydrogen-bond acceptors (Lipinski definition) is 5. The summed E-state index contributed by atoms with van der Waals surface area (Å²) in [5.41, 5.74) is 1.85. The lowest BCUT2D eigenvalue weighted by Gasteiger charge is -2.32. The molecule has 0 spiro atoms. The van der Waals surface area contributed by atoms with Gasteiger partial charge in [-0.1, -0.05) is 39.0 Å². The molecule has 0 radical (unpaired) electrons. The minimum Gasteiger partial charge on any atom is -0.494 e. The zero-order valence-electron chi connectivity index (χ0n) is 21.1. The van der Waals surface area contributed by atoms with Gasteiger partial charge in [0.15, 0.2) is 0 Å². The van der Waals surface area contributed by atoms with E-state index in [0.29, 0.717) is 56.7 Å². The lowest BCUT2D eigenvalue weighted by molar-refractivity contribution is -0.132. The molecule has 7 heteroatoms. The molecule has 2 amide bonds. The van der Waals surface area contributed by atoms with Gasteiger partial charge in [-0.15, -0.1) is 0 Å². The largest absolute Gasteiger partial charge is 0.494 e. The fraction of sp³-hybridized carbons (Fsp3) is 0.464. The lowest BCUT2D eigenvalue weighted by atomic mass is 9.87. The molecule has 0 aliphatic carbocycles. The second-order valence-electron chi connectivity index (χ2n) is 9.98. The average molecular weight is 481 g/mol. The third-order valence-corrected chi connectivity index (χ3v) is 6.03. The highest BCUT2D eigenvalue weighted by atomic mass is 16.5. The van der Waals surface area contributed by atoms with E-state index in [1.54, 1.807) is 29.2 Å². The van der Waals surface area contributed by atoms with E-state index in [4.69, 9.17) is 9.47 Å². The standard InChI is InChI=1S/C28H36N2O5/c1-20(31)35-25-8-5-7-21(19-25)27(33)30-16-14-23(15-17-30)29-26(32)9-6-18-34-24-12-10-22(11-13-24)28(2,3)4/h5,7-8,10-13,19,23H,6,9,14-18H2,1-4H3,(H,29,32). The highest BCUT2D eigenvalue weighted by molar-refractivity contribution is 5.94. The first-order valence-electron chi connectivity index (χ1n) is 12.2. The van der Waals surface area contributed by atoms with Crippen molar-refractivity contribution in [3.63, 3.8) is 0 Å². The summed E-state index contributed by atoms with van der Waals surface area (Å²) < 4.78 is 10.8. The zero-order valence-corrected chi connectivity index (χ0v) is 21.1. The van der Waals surface area contributed by atoms with E-state index in [1.165, 1.54) is 12.5 Å². The minimum absolute atomic E-state index is 0.00976. The highest BCUT2D eigenvalue weighted by Gasteiger charge is 2.25. The van der Waals surface area contributed by atoms with Crippen molar-refractivity contribution < 1.29 is 23.9 Å². The van der Waals surface area contributed by atoms with Crippen LogP contribution >= 0.6 is 0 Å². The van der Waals surface area contributed by atoms with Crippen LogP contribution in [0, 0.1) is 0 Å². The van der Waals surface area contributed by atoms with Crippen molar-refractivity contribution in [1.29, 1.82) is 0 Å². The number of nitrogens with zero attached hydrogens (tertiary/aromatic N) is 1. The summed E-state index contributed by atoms with van der Waals surface area (Å²) in [5, 5.41) is 3.08. The molecule has 7 nitrogen and oxygen atoms in total. The van der Waals surface area contributed by atoms with Gasteiger partial charge < -0.3 is 19.7 Å². The topological polar surface area (TPSA) is 84.9 Å². The zero-order chi connectivity index (χ0) is 25.4. The van der Waals surface area contributed by atoms with Crippen molar-refractivity contribution in [2.45, 2.75) is 64.8 Å². The second-order valence-corrected chi connectivity index (χ2v) is 9.98. The molecular formula is C28H36N2O5. The Balaban J connectivity index is 1.35. The molecule has 1 heterocycles. The maximum Gasteiger partial charge on any atom is 0.308 e. The quantitative estimate of drug-likeness (QED) is 0.342. The molecule has 188 valence electrons.